The molecule has 0 spiro atoms. The maximum atomic E-state index is 12.7. The van der Waals surface area contributed by atoms with E-state index in [4.69, 9.17) is 5.11 Å². The van der Waals surface area contributed by atoms with Gasteiger partial charge in [0.15, 0.2) is 11.9 Å². The molecular weight excluding hydrogens is 326 g/mol. The van der Waals surface area contributed by atoms with Crippen LogP contribution >= 0.6 is 15.9 Å². The molecule has 0 aliphatic heterocycles. The van der Waals surface area contributed by atoms with Crippen LogP contribution in [0.3, 0.4) is 0 Å². The molecule has 1 atom stereocenters. The van der Waals surface area contributed by atoms with E-state index < -0.39 is 29.8 Å². The smallest absolute Gasteiger partial charge is 0.337 e. The van der Waals surface area contributed by atoms with Gasteiger partial charge in [0.2, 0.25) is 0 Å². The number of carboxylic acids is 1. The Labute approximate surface area is 116 Å². The highest BCUT2D eigenvalue weighted by molar-refractivity contribution is 9.09. The van der Waals surface area contributed by atoms with Crippen molar-refractivity contribution in [3.63, 3.8) is 0 Å². The molecule has 1 aromatic rings. The fraction of sp³-hybridized carbons (Fsp3) is 0.333. The van der Waals surface area contributed by atoms with Gasteiger partial charge in [0.25, 0.3) is 6.43 Å². The van der Waals surface area contributed by atoms with Crippen molar-refractivity contribution < 1.29 is 28.6 Å². The second-order valence-corrected chi connectivity index (χ2v) is 4.58. The highest BCUT2D eigenvalue weighted by atomic mass is 79.9. The molecule has 0 saturated carbocycles. The van der Waals surface area contributed by atoms with Gasteiger partial charge in [-0.2, -0.15) is 0 Å². The molecule has 0 aromatic heterocycles. The minimum Gasteiger partial charge on any atom is -0.479 e. The number of hydrogen-bond donors (Lipinski definition) is 2. The first-order valence-corrected chi connectivity index (χ1v) is 6.42. The van der Waals surface area contributed by atoms with E-state index >= 15 is 0 Å². The van der Waals surface area contributed by atoms with Gasteiger partial charge in [-0.05, 0) is 23.8 Å². The molecule has 7 heteroatoms. The van der Waals surface area contributed by atoms with Crippen molar-refractivity contribution in [2.45, 2.75) is 19.0 Å². The highest BCUT2D eigenvalue weighted by Crippen LogP contribution is 2.25. The molecule has 19 heavy (non-hydrogen) atoms. The van der Waals surface area contributed by atoms with Gasteiger partial charge in [-0.25, -0.2) is 13.6 Å². The average Bonchev–Trinajstić information content (AvgIpc) is 2.37. The van der Waals surface area contributed by atoms with E-state index in [9.17, 15) is 23.5 Å². The Bertz CT molecular complexity index is 491. The van der Waals surface area contributed by atoms with Crippen molar-refractivity contribution in [3.05, 3.63) is 34.9 Å². The summed E-state index contributed by atoms with van der Waals surface area (Å²) < 4.78 is 25.4. The van der Waals surface area contributed by atoms with Gasteiger partial charge in [0.05, 0.1) is 0 Å². The number of carbonyl (C=O) groups is 2. The van der Waals surface area contributed by atoms with E-state index in [1.807, 2.05) is 0 Å². The third-order valence-electron chi connectivity index (χ3n) is 2.42. The largest absolute Gasteiger partial charge is 0.479 e. The predicted octanol–water partition coefficient (Wildman–Crippen LogP) is 2.71. The number of carbonyl (C=O) groups excluding carboxylic acids is 1. The minimum atomic E-state index is -2.85. The van der Waals surface area contributed by atoms with Crippen LogP contribution in [0.2, 0.25) is 0 Å². The summed E-state index contributed by atoms with van der Waals surface area (Å²) in [4.78, 5) is 22.3. The van der Waals surface area contributed by atoms with Crippen molar-refractivity contribution in [2.75, 3.05) is 5.33 Å². The molecule has 0 radical (unpaired) electrons. The minimum absolute atomic E-state index is 0.0347. The zero-order chi connectivity index (χ0) is 14.6. The number of alkyl halides is 3. The van der Waals surface area contributed by atoms with Crippen molar-refractivity contribution >= 4 is 27.7 Å². The topological polar surface area (TPSA) is 74.6 Å². The SMILES string of the molecule is O=C(CCBr)c1cc(C(F)F)cc(C(O)C(=O)O)c1. The first kappa shape index (κ1) is 15.7. The Morgan fingerprint density at radius 1 is 1.21 bits per heavy atom. The molecule has 0 aliphatic carbocycles. The number of Topliss-reactive ketones (excluding diaryl/α,β-unsaturated/α-hetero) is 1. The summed E-state index contributed by atoms with van der Waals surface area (Å²) in [5, 5.41) is 18.4. The summed E-state index contributed by atoms with van der Waals surface area (Å²) in [7, 11) is 0. The average molecular weight is 337 g/mol. The van der Waals surface area contributed by atoms with Gasteiger partial charge in [0.1, 0.15) is 0 Å². The summed E-state index contributed by atoms with van der Waals surface area (Å²) in [5.74, 6) is -1.97. The molecule has 1 rings (SSSR count). The van der Waals surface area contributed by atoms with Gasteiger partial charge >= 0.3 is 5.97 Å². The maximum Gasteiger partial charge on any atom is 0.337 e. The second-order valence-electron chi connectivity index (χ2n) is 3.79. The van der Waals surface area contributed by atoms with Gasteiger partial charge in [0, 0.05) is 22.9 Å². The van der Waals surface area contributed by atoms with Crippen molar-refractivity contribution in [3.8, 4) is 0 Å². The predicted molar refractivity (Wildman–Crippen MR) is 66.7 cm³/mol. The molecule has 104 valence electrons. The molecule has 4 nitrogen and oxygen atoms in total. The number of hydrogen-bond acceptors (Lipinski definition) is 3. The number of aliphatic hydroxyl groups is 1. The quantitative estimate of drug-likeness (QED) is 0.618. The van der Waals surface area contributed by atoms with Crippen LogP contribution in [0.25, 0.3) is 0 Å². The van der Waals surface area contributed by atoms with E-state index in [0.717, 1.165) is 18.2 Å². The van der Waals surface area contributed by atoms with Crippen molar-refractivity contribution in [1.82, 2.24) is 0 Å². The van der Waals surface area contributed by atoms with Crippen LogP contribution in [0, 0.1) is 0 Å². The number of benzene rings is 1. The molecule has 0 saturated heterocycles. The number of rotatable bonds is 6. The van der Waals surface area contributed by atoms with E-state index in [1.165, 1.54) is 0 Å². The van der Waals surface area contributed by atoms with E-state index in [2.05, 4.69) is 15.9 Å². The Hall–Kier alpha value is -1.34. The number of ketones is 1. The molecule has 0 bridgehead atoms. The van der Waals surface area contributed by atoms with Crippen molar-refractivity contribution in [1.29, 1.82) is 0 Å². The lowest BCUT2D eigenvalue weighted by atomic mass is 9.99. The number of halogens is 3. The molecule has 2 N–H and O–H groups in total. The van der Waals surface area contributed by atoms with Crippen LogP contribution in [-0.2, 0) is 4.79 Å². The number of aliphatic carboxylic acids is 1. The first-order chi connectivity index (χ1) is 8.86. The Morgan fingerprint density at radius 3 is 2.26 bits per heavy atom. The lowest BCUT2D eigenvalue weighted by Gasteiger charge is -2.11. The molecule has 0 fully saturated rings. The fourth-order valence-corrected chi connectivity index (χ4v) is 1.85. The summed E-state index contributed by atoms with van der Waals surface area (Å²) >= 11 is 3.05. The summed E-state index contributed by atoms with van der Waals surface area (Å²) in [6, 6.07) is 3.01. The summed E-state index contributed by atoms with van der Waals surface area (Å²) in [5.41, 5.74) is -0.758. The monoisotopic (exact) mass is 336 g/mol. The molecule has 1 aromatic carbocycles. The van der Waals surface area contributed by atoms with Crippen LogP contribution in [0.4, 0.5) is 8.78 Å². The summed E-state index contributed by atoms with van der Waals surface area (Å²) in [6.45, 7) is 0. The van der Waals surface area contributed by atoms with Crippen LogP contribution in [0.1, 0.15) is 40.4 Å². The Morgan fingerprint density at radius 2 is 1.79 bits per heavy atom. The van der Waals surface area contributed by atoms with Gasteiger partial charge in [-0.3, -0.25) is 4.79 Å². The van der Waals surface area contributed by atoms with Gasteiger partial charge in [-0.1, -0.05) is 15.9 Å². The maximum absolute atomic E-state index is 12.7. The highest BCUT2D eigenvalue weighted by Gasteiger charge is 2.21. The lowest BCUT2D eigenvalue weighted by molar-refractivity contribution is -0.146. The zero-order valence-electron chi connectivity index (χ0n) is 9.65. The first-order valence-electron chi connectivity index (χ1n) is 5.30. The molecule has 1 unspecified atom stereocenters. The standard InChI is InChI=1S/C12H11BrF2O4/c13-2-1-9(16)6-3-7(10(17)12(18)19)5-8(4-6)11(14)15/h3-5,10-11,17H,1-2H2,(H,18,19). The number of aliphatic hydroxyl groups excluding tert-OH is 1. The Kier molecular flexibility index (Phi) is 5.56. The van der Waals surface area contributed by atoms with Gasteiger partial charge in [-0.15, -0.1) is 0 Å². The molecule has 0 heterocycles. The van der Waals surface area contributed by atoms with Crippen LogP contribution in [0.15, 0.2) is 18.2 Å². The van der Waals surface area contributed by atoms with Crippen molar-refractivity contribution in [2.24, 2.45) is 0 Å². The lowest BCUT2D eigenvalue weighted by Crippen LogP contribution is -2.12. The molecule has 0 amide bonds. The zero-order valence-corrected chi connectivity index (χ0v) is 11.2. The molecule has 0 aliphatic rings. The normalized spacial score (nSPS) is 12.5. The van der Waals surface area contributed by atoms with Crippen LogP contribution in [-0.4, -0.2) is 27.3 Å². The summed E-state index contributed by atoms with van der Waals surface area (Å²) in [6.07, 6.45) is -4.69. The van der Waals surface area contributed by atoms with E-state index in [1.54, 1.807) is 0 Å². The van der Waals surface area contributed by atoms with Crippen LogP contribution < -0.4 is 0 Å². The number of carboxylic acid groups (broad SMARTS) is 1. The second kappa shape index (κ2) is 6.72. The van der Waals surface area contributed by atoms with Gasteiger partial charge < -0.3 is 10.2 Å². The Balaban J connectivity index is 3.25. The fourth-order valence-electron chi connectivity index (χ4n) is 1.49. The third kappa shape index (κ3) is 4.07. The molecular formula is C12H11BrF2O4. The van der Waals surface area contributed by atoms with E-state index in [0.29, 0.717) is 5.33 Å². The van der Waals surface area contributed by atoms with Crippen LogP contribution in [0.5, 0.6) is 0 Å². The van der Waals surface area contributed by atoms with E-state index in [-0.39, 0.29) is 17.5 Å². The third-order valence-corrected chi connectivity index (χ3v) is 2.82.